The number of benzene rings is 1. The maximum atomic E-state index is 13.1. The van der Waals surface area contributed by atoms with Crippen molar-refractivity contribution in [2.75, 3.05) is 19.6 Å². The van der Waals surface area contributed by atoms with Crippen LogP contribution in [0, 0.1) is 0 Å². The van der Waals surface area contributed by atoms with E-state index in [0.29, 0.717) is 6.54 Å². The smallest absolute Gasteiger partial charge is 0.248 e. The number of hydrogen-bond donors (Lipinski definition) is 2. The average molecular weight is 349 g/mol. The molecule has 6 heteroatoms. The van der Waals surface area contributed by atoms with Gasteiger partial charge in [-0.15, -0.1) is 0 Å². The average Bonchev–Trinajstić information content (AvgIpc) is 3.24. The monoisotopic (exact) mass is 349 g/mol. The zero-order chi connectivity index (χ0) is 17.8. The second-order valence-corrected chi connectivity index (χ2v) is 6.73. The molecule has 134 valence electrons. The van der Waals surface area contributed by atoms with Crippen LogP contribution in [0.3, 0.4) is 0 Å². The molecule has 3 aromatic rings. The van der Waals surface area contributed by atoms with Crippen molar-refractivity contribution in [3.05, 3.63) is 60.6 Å². The normalized spacial score (nSPS) is 16.5. The van der Waals surface area contributed by atoms with E-state index < -0.39 is 5.54 Å². The van der Waals surface area contributed by atoms with Gasteiger partial charge in [-0.3, -0.25) is 14.5 Å². The van der Waals surface area contributed by atoms with Gasteiger partial charge < -0.3 is 10.6 Å². The second-order valence-electron chi connectivity index (χ2n) is 6.73. The van der Waals surface area contributed by atoms with E-state index in [0.717, 1.165) is 48.8 Å². The summed E-state index contributed by atoms with van der Waals surface area (Å²) in [6.45, 7) is 2.23. The summed E-state index contributed by atoms with van der Waals surface area (Å²) in [5.41, 5.74) is 1.57. The summed E-state index contributed by atoms with van der Waals surface area (Å²) < 4.78 is 1.82. The van der Waals surface area contributed by atoms with Crippen molar-refractivity contribution in [1.82, 2.24) is 25.4 Å². The summed E-state index contributed by atoms with van der Waals surface area (Å²) in [6, 6.07) is 12.1. The SMILES string of the molecule is O=C(NCCc1cccc2cccnc12)C1(n2cccn2)CCNCC1. The number of nitrogens with zero attached hydrogens (tertiary/aromatic N) is 3. The van der Waals surface area contributed by atoms with E-state index in [1.807, 2.05) is 35.3 Å². The molecule has 1 saturated heterocycles. The molecule has 0 atom stereocenters. The lowest BCUT2D eigenvalue weighted by Crippen LogP contribution is -2.54. The van der Waals surface area contributed by atoms with Gasteiger partial charge in [0.1, 0.15) is 5.54 Å². The quantitative estimate of drug-likeness (QED) is 0.738. The molecule has 4 rings (SSSR count). The van der Waals surface area contributed by atoms with E-state index in [-0.39, 0.29) is 5.91 Å². The van der Waals surface area contributed by atoms with Crippen molar-refractivity contribution in [3.8, 4) is 0 Å². The van der Waals surface area contributed by atoms with Gasteiger partial charge in [-0.25, -0.2) is 0 Å². The highest BCUT2D eigenvalue weighted by molar-refractivity contribution is 5.85. The number of rotatable bonds is 5. The molecule has 0 unspecified atom stereocenters. The lowest BCUT2D eigenvalue weighted by Gasteiger charge is -2.36. The standard InChI is InChI=1S/C20H23N5O/c26-19(20(8-13-21-14-9-20)25-15-3-11-24-25)23-12-7-17-5-1-4-16-6-2-10-22-18(16)17/h1-6,10-11,15,21H,7-9,12-14H2,(H,23,26). The number of para-hydroxylation sites is 1. The van der Waals surface area contributed by atoms with Crippen LogP contribution in [0.25, 0.3) is 10.9 Å². The molecule has 0 radical (unpaired) electrons. The van der Waals surface area contributed by atoms with Crippen LogP contribution in [-0.4, -0.2) is 40.3 Å². The minimum atomic E-state index is -0.592. The van der Waals surface area contributed by atoms with Gasteiger partial charge >= 0.3 is 0 Å². The highest BCUT2D eigenvalue weighted by Gasteiger charge is 2.41. The first-order chi connectivity index (χ1) is 12.8. The Kier molecular flexibility index (Phi) is 4.67. The number of hydrogen-bond acceptors (Lipinski definition) is 4. The fourth-order valence-corrected chi connectivity index (χ4v) is 3.77. The molecule has 0 bridgehead atoms. The Morgan fingerprint density at radius 3 is 2.81 bits per heavy atom. The Labute approximate surface area is 152 Å². The van der Waals surface area contributed by atoms with Gasteiger partial charge in [0.05, 0.1) is 5.52 Å². The molecule has 1 aliphatic heterocycles. The van der Waals surface area contributed by atoms with Crippen molar-refractivity contribution < 1.29 is 4.79 Å². The molecular weight excluding hydrogens is 326 g/mol. The molecule has 0 spiro atoms. The van der Waals surface area contributed by atoms with Crippen LogP contribution in [0.2, 0.25) is 0 Å². The molecule has 0 saturated carbocycles. The third-order valence-electron chi connectivity index (χ3n) is 5.19. The molecule has 0 aliphatic carbocycles. The largest absolute Gasteiger partial charge is 0.354 e. The van der Waals surface area contributed by atoms with Crippen molar-refractivity contribution in [3.63, 3.8) is 0 Å². The minimum Gasteiger partial charge on any atom is -0.354 e. The number of amides is 1. The molecule has 26 heavy (non-hydrogen) atoms. The van der Waals surface area contributed by atoms with Gasteiger partial charge in [-0.05, 0) is 50.0 Å². The predicted molar refractivity (Wildman–Crippen MR) is 101 cm³/mol. The molecule has 1 fully saturated rings. The fourth-order valence-electron chi connectivity index (χ4n) is 3.77. The van der Waals surface area contributed by atoms with Crippen molar-refractivity contribution in [1.29, 1.82) is 0 Å². The van der Waals surface area contributed by atoms with Gasteiger partial charge in [-0.2, -0.15) is 5.10 Å². The zero-order valence-corrected chi connectivity index (χ0v) is 14.7. The summed E-state index contributed by atoms with van der Waals surface area (Å²) in [5, 5.41) is 12.0. The Bertz CT molecular complexity index is 879. The van der Waals surface area contributed by atoms with E-state index in [2.05, 4.69) is 38.9 Å². The summed E-state index contributed by atoms with van der Waals surface area (Å²) in [6.07, 6.45) is 7.69. The molecule has 3 heterocycles. The minimum absolute atomic E-state index is 0.0518. The predicted octanol–water partition coefficient (Wildman–Crippen LogP) is 1.87. The van der Waals surface area contributed by atoms with Gasteiger partial charge in [0.15, 0.2) is 0 Å². The lowest BCUT2D eigenvalue weighted by atomic mass is 9.87. The van der Waals surface area contributed by atoms with Gasteiger partial charge in [0, 0.05) is 30.5 Å². The van der Waals surface area contributed by atoms with Crippen LogP contribution in [-0.2, 0) is 16.8 Å². The number of carbonyl (C=O) groups is 1. The Morgan fingerprint density at radius 1 is 1.15 bits per heavy atom. The summed E-state index contributed by atoms with van der Waals surface area (Å²) in [4.78, 5) is 17.5. The Balaban J connectivity index is 1.47. The molecule has 2 N–H and O–H groups in total. The van der Waals surface area contributed by atoms with Gasteiger partial charge in [0.2, 0.25) is 5.91 Å². The number of pyridine rings is 1. The number of nitrogens with one attached hydrogen (secondary N) is 2. The van der Waals surface area contributed by atoms with E-state index in [4.69, 9.17) is 0 Å². The van der Waals surface area contributed by atoms with E-state index in [9.17, 15) is 4.79 Å². The van der Waals surface area contributed by atoms with E-state index in [1.54, 1.807) is 6.20 Å². The first-order valence-corrected chi connectivity index (χ1v) is 9.11. The van der Waals surface area contributed by atoms with E-state index >= 15 is 0 Å². The Morgan fingerprint density at radius 2 is 2.00 bits per heavy atom. The maximum Gasteiger partial charge on any atom is 0.248 e. The molecule has 1 amide bonds. The van der Waals surface area contributed by atoms with Crippen molar-refractivity contribution in [2.45, 2.75) is 24.8 Å². The van der Waals surface area contributed by atoms with Gasteiger partial charge in [-0.1, -0.05) is 24.3 Å². The van der Waals surface area contributed by atoms with Crippen LogP contribution >= 0.6 is 0 Å². The van der Waals surface area contributed by atoms with Crippen molar-refractivity contribution in [2.24, 2.45) is 0 Å². The molecule has 2 aromatic heterocycles. The van der Waals surface area contributed by atoms with Gasteiger partial charge in [0.25, 0.3) is 0 Å². The first kappa shape index (κ1) is 16.7. The van der Waals surface area contributed by atoms with Crippen LogP contribution in [0.1, 0.15) is 18.4 Å². The number of fused-ring (bicyclic) bond motifs is 1. The van der Waals surface area contributed by atoms with Crippen LogP contribution in [0.4, 0.5) is 0 Å². The van der Waals surface area contributed by atoms with Crippen molar-refractivity contribution >= 4 is 16.8 Å². The number of carbonyl (C=O) groups excluding carboxylic acids is 1. The molecule has 6 nitrogen and oxygen atoms in total. The first-order valence-electron chi connectivity index (χ1n) is 9.11. The van der Waals surface area contributed by atoms with Crippen LogP contribution in [0.5, 0.6) is 0 Å². The fraction of sp³-hybridized carbons (Fsp3) is 0.350. The number of piperidine rings is 1. The maximum absolute atomic E-state index is 13.1. The third kappa shape index (κ3) is 3.08. The highest BCUT2D eigenvalue weighted by Crippen LogP contribution is 2.27. The second kappa shape index (κ2) is 7.25. The zero-order valence-electron chi connectivity index (χ0n) is 14.7. The lowest BCUT2D eigenvalue weighted by molar-refractivity contribution is -0.131. The summed E-state index contributed by atoms with van der Waals surface area (Å²) in [7, 11) is 0. The highest BCUT2D eigenvalue weighted by atomic mass is 16.2. The summed E-state index contributed by atoms with van der Waals surface area (Å²) in [5.74, 6) is 0.0518. The van der Waals surface area contributed by atoms with Crippen LogP contribution in [0.15, 0.2) is 55.0 Å². The molecular formula is C20H23N5O. The van der Waals surface area contributed by atoms with Crippen LogP contribution < -0.4 is 10.6 Å². The third-order valence-corrected chi connectivity index (χ3v) is 5.19. The Hall–Kier alpha value is -2.73. The molecule has 1 aromatic carbocycles. The van der Waals surface area contributed by atoms with E-state index in [1.165, 1.54) is 0 Å². The number of aromatic nitrogens is 3. The summed E-state index contributed by atoms with van der Waals surface area (Å²) >= 11 is 0. The molecule has 1 aliphatic rings. The topological polar surface area (TPSA) is 71.8 Å².